The number of methoxy groups -OCH3 is 4. The third-order valence-corrected chi connectivity index (χ3v) is 23.0. The number of hydrogen-bond acceptors (Lipinski definition) is 26. The van der Waals surface area contributed by atoms with Gasteiger partial charge in [0.25, 0.3) is 0 Å². The molecule has 15 rings (SSSR count). The Morgan fingerprint density at radius 3 is 0.936 bits per heavy atom. The minimum Gasteiger partial charge on any atom is -0.508 e. The van der Waals surface area contributed by atoms with E-state index in [-0.39, 0.29) is 33.4 Å². The molecule has 14 aromatic rings. The normalized spacial score (nSPS) is 12.5. The first-order valence-electron chi connectivity index (χ1n) is 46.1. The van der Waals surface area contributed by atoms with Crippen molar-refractivity contribution in [2.24, 2.45) is 0 Å². The van der Waals surface area contributed by atoms with Gasteiger partial charge in [-0.3, -0.25) is 0 Å². The summed E-state index contributed by atoms with van der Waals surface area (Å²) >= 11 is 0. The van der Waals surface area contributed by atoms with Crippen molar-refractivity contribution in [2.45, 2.75) is 72.2 Å². The summed E-state index contributed by atoms with van der Waals surface area (Å²) < 4.78 is 36.4. The molecule has 2 atom stereocenters. The molecular formula is C105H122B8N8O20. The minimum atomic E-state index is -1.66. The lowest BCUT2D eigenvalue weighted by Crippen LogP contribution is -2.38. The van der Waals surface area contributed by atoms with Crippen molar-refractivity contribution < 1.29 is 98.9 Å². The number of ether oxygens (including phenoxy) is 6. The predicted octanol–water partition coefficient (Wildman–Crippen LogP) is 8.12. The fourth-order valence-electron chi connectivity index (χ4n) is 14.8. The van der Waals surface area contributed by atoms with Gasteiger partial charge < -0.3 is 109 Å². The van der Waals surface area contributed by atoms with Gasteiger partial charge >= 0.3 is 56.1 Å². The first-order valence-corrected chi connectivity index (χ1v) is 46.1. The lowest BCUT2D eigenvalue weighted by atomic mass is 9.64. The minimum absolute atomic E-state index is 0.0478. The van der Waals surface area contributed by atoms with E-state index in [0.717, 1.165) is 109 Å². The Morgan fingerprint density at radius 2 is 0.610 bits per heavy atom. The largest absolute Gasteiger partial charge is 0.508 e. The van der Waals surface area contributed by atoms with Crippen LogP contribution in [-0.4, -0.2) is 249 Å². The van der Waals surface area contributed by atoms with Gasteiger partial charge in [-0.15, -0.1) is 10.2 Å². The number of phenols is 2. The van der Waals surface area contributed by atoms with Crippen LogP contribution in [0.1, 0.15) is 86.7 Å². The number of likely N-dealkylation sites (N-methyl/N-ethyl adjacent to an activating group) is 2. The molecule has 0 saturated heterocycles. The molecule has 2 heterocycles. The molecule has 0 bridgehead atoms. The Hall–Kier alpha value is -13.5. The van der Waals surface area contributed by atoms with Crippen molar-refractivity contribution in [3.63, 3.8) is 0 Å². The summed E-state index contributed by atoms with van der Waals surface area (Å²) in [5.74, 6) is 5.71. The maximum atomic E-state index is 9.65. The number of aromatic nitrogens is 6. The van der Waals surface area contributed by atoms with E-state index >= 15 is 0 Å². The highest BCUT2D eigenvalue weighted by molar-refractivity contribution is 6.66. The van der Waals surface area contributed by atoms with E-state index in [9.17, 15) is 70.5 Å². The lowest BCUT2D eigenvalue weighted by Gasteiger charge is -2.15. The van der Waals surface area contributed by atoms with Gasteiger partial charge in [0.2, 0.25) is 0 Å². The van der Waals surface area contributed by atoms with Crippen LogP contribution < -0.4 is 72.1 Å². The molecule has 0 radical (unpaired) electrons. The number of hydrogen-bond donors (Lipinski definition) is 14. The highest BCUT2D eigenvalue weighted by Crippen LogP contribution is 2.45. The van der Waals surface area contributed by atoms with Crippen molar-refractivity contribution >= 4 is 136 Å². The zero-order valence-corrected chi connectivity index (χ0v) is 81.9. The van der Waals surface area contributed by atoms with E-state index in [1.807, 2.05) is 236 Å². The van der Waals surface area contributed by atoms with Crippen LogP contribution in [0.5, 0.6) is 46.0 Å². The Labute approximate surface area is 828 Å². The SMILES string of the molecule is CB(O)c1ccc(-c2cn(-c3cc(O)cc(O)c3)nn2)cc1.CB(O)c1ccc(/C=C/c2cc(OCCN(C)C)cc(OCCN(C)C)c2)cc1.COc1cc(OC)cc(-n2cc(-c3ccc(B(C)O)cc3)nn2)c1.COc1cc(OC)cc(C2CCC(c3ccc(B(C)O)cc3)C2)c1.Cc1ccc(/C=C/c2cc(B(O)O)cc(B(O)O)c2)cc1.Cc1ccc(/C=C/c2cc(B(O)O)cc(B(O)O)c2)cc1. The molecule has 28 nitrogen and oxygen atoms in total. The number of rotatable bonds is 32. The summed E-state index contributed by atoms with van der Waals surface area (Å²) in [6.07, 6.45) is 18.5. The quantitative estimate of drug-likeness (QED) is 0.0140. The Kier molecular flexibility index (Phi) is 42.2. The van der Waals surface area contributed by atoms with E-state index in [4.69, 9.17) is 28.4 Å². The van der Waals surface area contributed by atoms with Gasteiger partial charge in [-0.25, -0.2) is 9.36 Å². The average Bonchev–Trinajstić information content (AvgIpc) is 1.66. The van der Waals surface area contributed by atoms with Gasteiger partial charge in [0.05, 0.1) is 52.2 Å². The molecule has 2 unspecified atom stereocenters. The Balaban J connectivity index is 0.000000175. The van der Waals surface area contributed by atoms with Gasteiger partial charge in [0, 0.05) is 72.7 Å². The lowest BCUT2D eigenvalue weighted by molar-refractivity contribution is 0.251. The van der Waals surface area contributed by atoms with Crippen LogP contribution in [0.2, 0.25) is 27.3 Å². The van der Waals surface area contributed by atoms with Crippen LogP contribution in [0.3, 0.4) is 0 Å². The number of aryl methyl sites for hydroxylation is 2. The topological polar surface area (TPSA) is 407 Å². The van der Waals surface area contributed by atoms with Crippen LogP contribution in [-0.2, 0) is 0 Å². The van der Waals surface area contributed by atoms with Crippen LogP contribution >= 0.6 is 0 Å². The molecule has 1 fully saturated rings. The second kappa shape index (κ2) is 54.3. The van der Waals surface area contributed by atoms with Crippen molar-refractivity contribution in [1.82, 2.24) is 39.8 Å². The van der Waals surface area contributed by atoms with Gasteiger partial charge in [0.15, 0.2) is 0 Å². The van der Waals surface area contributed by atoms with E-state index in [0.29, 0.717) is 59.1 Å². The molecule has 141 heavy (non-hydrogen) atoms. The second-order valence-corrected chi connectivity index (χ2v) is 34.7. The average molecular weight is 1900 g/mol. The molecular weight excluding hydrogens is 1780 g/mol. The molecule has 0 amide bonds. The smallest absolute Gasteiger partial charge is 0.488 e. The summed E-state index contributed by atoms with van der Waals surface area (Å²) in [4.78, 5) is 4.18. The Morgan fingerprint density at radius 1 is 0.319 bits per heavy atom. The molecule has 1 saturated carbocycles. The summed E-state index contributed by atoms with van der Waals surface area (Å²) in [5, 5.41) is 148. The molecule has 726 valence electrons. The van der Waals surface area contributed by atoms with Crippen LogP contribution in [0.4, 0.5) is 0 Å². The first kappa shape index (κ1) is 110. The maximum absolute atomic E-state index is 9.65. The third-order valence-electron chi connectivity index (χ3n) is 23.0. The highest BCUT2D eigenvalue weighted by atomic mass is 16.5. The fourth-order valence-corrected chi connectivity index (χ4v) is 14.8. The number of aromatic hydroxyl groups is 2. The van der Waals surface area contributed by atoms with Crippen molar-refractivity contribution in [2.75, 3.05) is 82.9 Å². The van der Waals surface area contributed by atoms with Crippen molar-refractivity contribution in [1.29, 1.82) is 0 Å². The predicted molar refractivity (Wildman–Crippen MR) is 572 cm³/mol. The van der Waals surface area contributed by atoms with E-state index in [2.05, 4.69) is 60.8 Å². The molecule has 1 aliphatic carbocycles. The van der Waals surface area contributed by atoms with Crippen molar-refractivity contribution in [3.8, 4) is 79.9 Å². The summed E-state index contributed by atoms with van der Waals surface area (Å²) in [6.45, 7) is 12.1. The van der Waals surface area contributed by atoms with Gasteiger partial charge in [-0.2, -0.15) is 0 Å². The van der Waals surface area contributed by atoms with Crippen molar-refractivity contribution in [3.05, 3.63) is 323 Å². The van der Waals surface area contributed by atoms with Gasteiger partial charge in [-0.1, -0.05) is 267 Å². The van der Waals surface area contributed by atoms with E-state index in [1.165, 1.54) is 70.1 Å². The van der Waals surface area contributed by atoms with Crippen LogP contribution in [0, 0.1) is 13.8 Å². The van der Waals surface area contributed by atoms with Crippen LogP contribution in [0.15, 0.2) is 267 Å². The molecule has 14 N–H and O–H groups in total. The van der Waals surface area contributed by atoms with Gasteiger partial charge in [-0.05, 0) is 186 Å². The third kappa shape index (κ3) is 35.1. The Bertz CT molecular complexity index is 6070. The molecule has 0 spiro atoms. The van der Waals surface area contributed by atoms with Crippen LogP contribution in [0.25, 0.3) is 70.3 Å². The maximum Gasteiger partial charge on any atom is 0.488 e. The summed E-state index contributed by atoms with van der Waals surface area (Å²) in [5.41, 5.74) is 19.3. The number of benzene rings is 12. The second-order valence-electron chi connectivity index (χ2n) is 34.7. The summed E-state index contributed by atoms with van der Waals surface area (Å²) in [7, 11) is 8.09. The molecule has 36 heteroatoms. The molecule has 12 aromatic carbocycles. The number of phenolic OH excluding ortho intramolecular Hbond substituents is 2. The monoisotopic (exact) mass is 1900 g/mol. The summed E-state index contributed by atoms with van der Waals surface area (Å²) in [6, 6.07) is 78.1. The van der Waals surface area contributed by atoms with E-state index in [1.54, 1.807) is 109 Å². The highest BCUT2D eigenvalue weighted by Gasteiger charge is 2.29. The zero-order valence-electron chi connectivity index (χ0n) is 81.9. The molecule has 0 aliphatic heterocycles. The molecule has 2 aromatic heterocycles. The number of nitrogens with zero attached hydrogens (tertiary/aromatic N) is 8. The fraction of sp³-hybridized carbons (Fsp3) is 0.219. The standard InChI is InChI=1S/C23H33BN2O3.C20H25BO3.C17H18BN3O3.2C15H16B2O4.C15H14BN3O3/c1-24(27)21-10-8-19(9-11-21)6-7-20-16-22(28-14-12-25(2)3)18-23(17-20)29-15-13-26(4)5;1-21(22)18-8-6-14(7-9-18)15-4-5-16(10-15)17-11-19(23-2)13-20(12-17)24-3;1-18(22)13-6-4-12(5-7-13)17-11-21(20-19-17)14-8-15(23-2)10-16(9-14)24-3;2*1-11-2-4-12(5-3-11)6-7-13-8-14(16(18)19)10-15(9-13)17(20)21;1-16(22)11-4-2-10(3-5-11)15-9-19(18-17-15)12-6-13(20)8-14(21)7-12/h6-11,16-18,27H,12-15H2,1-5H3;6-9,11-13,15-16,22H,4-5,10H2,1-3H3;4-11,22H,1-3H3;2*2-10,18-21H,1H3;2-9,20-22H,1H3/b7-6+;;;2*7-6+;. The van der Waals surface area contributed by atoms with E-state index < -0.39 is 56.1 Å². The zero-order chi connectivity index (χ0) is 102. The first-order chi connectivity index (χ1) is 67.5. The van der Waals surface area contributed by atoms with Gasteiger partial charge in [0.1, 0.15) is 70.6 Å². The molecule has 1 aliphatic rings.